The monoisotopic (exact) mass is 342 g/mol. The van der Waals surface area contributed by atoms with Crippen LogP contribution in [0.25, 0.3) is 0 Å². The normalized spacial score (nSPS) is 38.8. The van der Waals surface area contributed by atoms with Crippen molar-refractivity contribution < 1.29 is 9.47 Å². The summed E-state index contributed by atoms with van der Waals surface area (Å²) >= 11 is 0. The fraction of sp³-hybridized carbons (Fsp3) is 0.739. The summed E-state index contributed by atoms with van der Waals surface area (Å²) in [7, 11) is 1.74. The molecular formula is C23H34O2. The van der Waals surface area contributed by atoms with Gasteiger partial charge in [-0.2, -0.15) is 0 Å². The van der Waals surface area contributed by atoms with Gasteiger partial charge in [0.05, 0.1) is 13.7 Å². The molecule has 0 spiro atoms. The number of benzene rings is 1. The minimum Gasteiger partial charge on any atom is -0.497 e. The second-order valence-electron chi connectivity index (χ2n) is 10.0. The Morgan fingerprint density at radius 2 is 1.80 bits per heavy atom. The predicted octanol–water partition coefficient (Wildman–Crippen LogP) is 5.90. The molecule has 0 aromatic heterocycles. The smallest absolute Gasteiger partial charge is 0.127 e. The van der Waals surface area contributed by atoms with E-state index in [1.807, 2.05) is 0 Å². The quantitative estimate of drug-likeness (QED) is 0.633. The van der Waals surface area contributed by atoms with E-state index in [0.717, 1.165) is 24.0 Å². The largest absolute Gasteiger partial charge is 0.497 e. The summed E-state index contributed by atoms with van der Waals surface area (Å²) in [5.74, 6) is 3.40. The van der Waals surface area contributed by atoms with Crippen molar-refractivity contribution in [3.8, 4) is 11.5 Å². The third-order valence-electron chi connectivity index (χ3n) is 8.28. The highest BCUT2D eigenvalue weighted by molar-refractivity contribution is 5.52. The molecule has 0 bridgehead atoms. The van der Waals surface area contributed by atoms with Crippen LogP contribution in [-0.2, 0) is 5.41 Å². The molecule has 0 amide bonds. The first kappa shape index (κ1) is 17.2. The summed E-state index contributed by atoms with van der Waals surface area (Å²) in [5, 5.41) is 0. The highest BCUT2D eigenvalue weighted by Gasteiger charge is 2.60. The molecule has 25 heavy (non-hydrogen) atoms. The Morgan fingerprint density at radius 3 is 2.52 bits per heavy atom. The van der Waals surface area contributed by atoms with Crippen LogP contribution < -0.4 is 9.47 Å². The van der Waals surface area contributed by atoms with Gasteiger partial charge in [0.2, 0.25) is 0 Å². The maximum atomic E-state index is 6.38. The minimum absolute atomic E-state index is 0.225. The second kappa shape index (κ2) is 5.41. The summed E-state index contributed by atoms with van der Waals surface area (Å²) < 4.78 is 11.9. The van der Waals surface area contributed by atoms with Gasteiger partial charge in [0, 0.05) is 23.0 Å². The lowest BCUT2D eigenvalue weighted by atomic mass is 9.42. The molecular weight excluding hydrogens is 308 g/mol. The van der Waals surface area contributed by atoms with Crippen LogP contribution in [0.4, 0.5) is 0 Å². The molecule has 138 valence electrons. The average Bonchev–Trinajstić information content (AvgIpc) is 2.52. The van der Waals surface area contributed by atoms with Crippen LogP contribution in [0.2, 0.25) is 0 Å². The lowest BCUT2D eigenvalue weighted by molar-refractivity contribution is -0.123. The van der Waals surface area contributed by atoms with Crippen LogP contribution >= 0.6 is 0 Å². The molecule has 1 aromatic rings. The molecule has 1 aromatic carbocycles. The van der Waals surface area contributed by atoms with Gasteiger partial charge in [0.1, 0.15) is 11.5 Å². The molecule has 2 aliphatic carbocycles. The Kier molecular flexibility index (Phi) is 3.73. The predicted molar refractivity (Wildman–Crippen MR) is 103 cm³/mol. The van der Waals surface area contributed by atoms with Crippen LogP contribution in [0.1, 0.15) is 70.9 Å². The van der Waals surface area contributed by atoms with Crippen molar-refractivity contribution in [2.75, 3.05) is 13.7 Å². The van der Waals surface area contributed by atoms with Gasteiger partial charge in [0.15, 0.2) is 0 Å². The van der Waals surface area contributed by atoms with Crippen LogP contribution in [-0.4, -0.2) is 13.7 Å². The van der Waals surface area contributed by atoms with Crippen molar-refractivity contribution in [3.63, 3.8) is 0 Å². The van der Waals surface area contributed by atoms with E-state index < -0.39 is 0 Å². The Labute approximate surface area is 153 Å². The van der Waals surface area contributed by atoms with Crippen molar-refractivity contribution in [2.24, 2.45) is 22.7 Å². The second-order valence-corrected chi connectivity index (χ2v) is 10.0. The van der Waals surface area contributed by atoms with Crippen molar-refractivity contribution in [1.82, 2.24) is 0 Å². The SMILES string of the molecule is COc1cc(C)c2c(c1)OCC1C2(C)CCC2C(C)(C)CCCC21C. The molecule has 0 N–H and O–H groups in total. The minimum atomic E-state index is 0.225. The van der Waals surface area contributed by atoms with E-state index >= 15 is 0 Å². The standard InChI is InChI=1S/C23H34O2/c1-15-12-16(24-6)13-17-20(15)23(5)11-8-18-21(2,3)9-7-10-22(18,4)19(23)14-25-17/h12-13,18-19H,7-11,14H2,1-6H3. The van der Waals surface area contributed by atoms with E-state index in [0.29, 0.717) is 16.7 Å². The maximum absolute atomic E-state index is 6.38. The van der Waals surface area contributed by atoms with Gasteiger partial charge in [-0.1, -0.05) is 34.1 Å². The highest BCUT2D eigenvalue weighted by atomic mass is 16.5. The maximum Gasteiger partial charge on any atom is 0.127 e. The average molecular weight is 343 g/mol. The van der Waals surface area contributed by atoms with E-state index in [-0.39, 0.29) is 5.41 Å². The van der Waals surface area contributed by atoms with E-state index in [4.69, 9.17) is 9.47 Å². The third-order valence-corrected chi connectivity index (χ3v) is 8.28. The zero-order chi connectivity index (χ0) is 18.0. The van der Waals surface area contributed by atoms with Crippen molar-refractivity contribution in [2.45, 2.75) is 72.1 Å². The molecule has 3 aliphatic rings. The zero-order valence-electron chi connectivity index (χ0n) is 16.9. The number of ether oxygens (including phenoxy) is 2. The molecule has 1 heterocycles. The molecule has 2 fully saturated rings. The molecule has 2 heteroatoms. The summed E-state index contributed by atoms with van der Waals surface area (Å²) in [6, 6.07) is 4.29. The number of methoxy groups -OCH3 is 1. The Hall–Kier alpha value is -1.18. The lowest BCUT2D eigenvalue weighted by Gasteiger charge is -2.63. The van der Waals surface area contributed by atoms with E-state index in [1.165, 1.54) is 43.2 Å². The summed E-state index contributed by atoms with van der Waals surface area (Å²) in [5.41, 5.74) is 3.86. The first-order valence-corrected chi connectivity index (χ1v) is 10.0. The van der Waals surface area contributed by atoms with E-state index in [9.17, 15) is 0 Å². The van der Waals surface area contributed by atoms with E-state index in [2.05, 4.69) is 46.8 Å². The molecule has 4 rings (SSSR count). The number of fused-ring (bicyclic) bond motifs is 5. The molecule has 1 aliphatic heterocycles. The van der Waals surface area contributed by atoms with Gasteiger partial charge >= 0.3 is 0 Å². The van der Waals surface area contributed by atoms with Crippen molar-refractivity contribution in [3.05, 3.63) is 23.3 Å². The van der Waals surface area contributed by atoms with Gasteiger partial charge in [-0.25, -0.2) is 0 Å². The van der Waals surface area contributed by atoms with Gasteiger partial charge in [0.25, 0.3) is 0 Å². The first-order valence-electron chi connectivity index (χ1n) is 10.0. The number of aryl methyl sites for hydroxylation is 1. The number of hydrogen-bond donors (Lipinski definition) is 0. The van der Waals surface area contributed by atoms with Crippen molar-refractivity contribution in [1.29, 1.82) is 0 Å². The summed E-state index contributed by atoms with van der Waals surface area (Å²) in [4.78, 5) is 0. The summed E-state index contributed by atoms with van der Waals surface area (Å²) in [6.45, 7) is 13.2. The first-order chi connectivity index (χ1) is 11.7. The van der Waals surface area contributed by atoms with Gasteiger partial charge in [-0.15, -0.1) is 0 Å². The van der Waals surface area contributed by atoms with E-state index in [1.54, 1.807) is 7.11 Å². The Balaban J connectivity index is 1.82. The van der Waals surface area contributed by atoms with Gasteiger partial charge < -0.3 is 9.47 Å². The summed E-state index contributed by atoms with van der Waals surface area (Å²) in [6.07, 6.45) is 6.73. The Bertz CT molecular complexity index is 692. The number of hydrogen-bond acceptors (Lipinski definition) is 2. The lowest BCUT2D eigenvalue weighted by Crippen LogP contribution is -2.59. The van der Waals surface area contributed by atoms with Gasteiger partial charge in [-0.3, -0.25) is 0 Å². The van der Waals surface area contributed by atoms with Crippen LogP contribution in [0.3, 0.4) is 0 Å². The van der Waals surface area contributed by atoms with Crippen molar-refractivity contribution >= 4 is 0 Å². The van der Waals surface area contributed by atoms with Crippen LogP contribution in [0.5, 0.6) is 11.5 Å². The van der Waals surface area contributed by atoms with Crippen LogP contribution in [0, 0.1) is 29.6 Å². The molecule has 4 atom stereocenters. The highest BCUT2D eigenvalue weighted by Crippen LogP contribution is 2.66. The molecule has 0 radical (unpaired) electrons. The number of rotatable bonds is 1. The Morgan fingerprint density at radius 1 is 1.04 bits per heavy atom. The fourth-order valence-electron chi connectivity index (χ4n) is 7.18. The molecule has 0 saturated heterocycles. The van der Waals surface area contributed by atoms with Crippen LogP contribution in [0.15, 0.2) is 12.1 Å². The zero-order valence-corrected chi connectivity index (χ0v) is 16.9. The topological polar surface area (TPSA) is 18.5 Å². The molecule has 2 saturated carbocycles. The molecule has 2 nitrogen and oxygen atoms in total. The molecule has 4 unspecified atom stereocenters. The fourth-order valence-corrected chi connectivity index (χ4v) is 7.18. The third kappa shape index (κ3) is 2.28. The van der Waals surface area contributed by atoms with Gasteiger partial charge in [-0.05, 0) is 61.0 Å².